The van der Waals surface area contributed by atoms with Gasteiger partial charge in [0.15, 0.2) is 0 Å². The molecule has 1 N–H and O–H groups in total. The van der Waals surface area contributed by atoms with Gasteiger partial charge in [-0.25, -0.2) is 0 Å². The first-order valence-corrected chi connectivity index (χ1v) is 6.71. The van der Waals surface area contributed by atoms with Crippen LogP contribution in [0.25, 0.3) is 0 Å². The number of hydrogen-bond acceptors (Lipinski definition) is 2. The lowest BCUT2D eigenvalue weighted by Gasteiger charge is -2.38. The SMILES string of the molecule is CCC1NC(CC(C)C)C(=O)N1C1CCC1. The molecular weight excluding hydrogens is 200 g/mol. The van der Waals surface area contributed by atoms with Crippen molar-refractivity contribution in [1.29, 1.82) is 0 Å². The van der Waals surface area contributed by atoms with E-state index in [0.717, 1.165) is 12.8 Å². The van der Waals surface area contributed by atoms with Crippen molar-refractivity contribution >= 4 is 5.91 Å². The van der Waals surface area contributed by atoms with Crippen molar-refractivity contribution in [3.63, 3.8) is 0 Å². The topological polar surface area (TPSA) is 32.3 Å². The predicted molar refractivity (Wildman–Crippen MR) is 64.9 cm³/mol. The third-order valence-electron chi connectivity index (χ3n) is 3.84. The van der Waals surface area contributed by atoms with Crippen molar-refractivity contribution in [2.75, 3.05) is 0 Å². The Kier molecular flexibility index (Phi) is 3.53. The molecule has 0 aromatic heterocycles. The monoisotopic (exact) mass is 224 g/mol. The van der Waals surface area contributed by atoms with Gasteiger partial charge in [0, 0.05) is 6.04 Å². The van der Waals surface area contributed by atoms with Crippen LogP contribution in [0.3, 0.4) is 0 Å². The summed E-state index contributed by atoms with van der Waals surface area (Å²) in [5, 5.41) is 3.50. The molecule has 0 aromatic carbocycles. The van der Waals surface area contributed by atoms with E-state index in [-0.39, 0.29) is 6.04 Å². The van der Waals surface area contributed by atoms with Gasteiger partial charge < -0.3 is 4.90 Å². The highest BCUT2D eigenvalue weighted by molar-refractivity contribution is 5.84. The molecular formula is C13H24N2O. The van der Waals surface area contributed by atoms with E-state index in [2.05, 4.69) is 31.0 Å². The Bertz CT molecular complexity index is 261. The molecule has 1 saturated heterocycles. The number of carbonyl (C=O) groups excluding carboxylic acids is 1. The summed E-state index contributed by atoms with van der Waals surface area (Å²) in [6, 6.07) is 0.604. The third kappa shape index (κ3) is 2.10. The summed E-state index contributed by atoms with van der Waals surface area (Å²) >= 11 is 0. The summed E-state index contributed by atoms with van der Waals surface area (Å²) < 4.78 is 0. The number of rotatable bonds is 4. The van der Waals surface area contributed by atoms with Gasteiger partial charge in [0.05, 0.1) is 12.2 Å². The van der Waals surface area contributed by atoms with Gasteiger partial charge in [-0.05, 0) is 38.0 Å². The fourth-order valence-electron chi connectivity index (χ4n) is 2.77. The van der Waals surface area contributed by atoms with E-state index < -0.39 is 0 Å². The van der Waals surface area contributed by atoms with Crippen LogP contribution in [-0.2, 0) is 4.79 Å². The van der Waals surface area contributed by atoms with Crippen molar-refractivity contribution in [3.8, 4) is 0 Å². The van der Waals surface area contributed by atoms with Crippen LogP contribution in [0.1, 0.15) is 52.9 Å². The van der Waals surface area contributed by atoms with Gasteiger partial charge in [0.25, 0.3) is 0 Å². The number of hydrogen-bond donors (Lipinski definition) is 1. The van der Waals surface area contributed by atoms with Crippen LogP contribution in [0.15, 0.2) is 0 Å². The number of amides is 1. The predicted octanol–water partition coefficient (Wildman–Crippen LogP) is 2.12. The van der Waals surface area contributed by atoms with E-state index in [4.69, 9.17) is 0 Å². The Balaban J connectivity index is 2.02. The molecule has 92 valence electrons. The average Bonchev–Trinajstić information content (AvgIpc) is 2.43. The largest absolute Gasteiger partial charge is 0.323 e. The second kappa shape index (κ2) is 4.74. The van der Waals surface area contributed by atoms with Crippen LogP contribution >= 0.6 is 0 Å². The summed E-state index contributed by atoms with van der Waals surface area (Å²) in [7, 11) is 0. The molecule has 1 aliphatic carbocycles. The second-order valence-corrected chi connectivity index (χ2v) is 5.60. The summed E-state index contributed by atoms with van der Waals surface area (Å²) in [6.45, 7) is 6.53. The Morgan fingerprint density at radius 3 is 2.56 bits per heavy atom. The molecule has 2 aliphatic rings. The van der Waals surface area contributed by atoms with Crippen molar-refractivity contribution < 1.29 is 4.79 Å². The van der Waals surface area contributed by atoms with Crippen molar-refractivity contribution in [2.24, 2.45) is 5.92 Å². The highest BCUT2D eigenvalue weighted by Crippen LogP contribution is 2.31. The molecule has 1 amide bonds. The molecule has 0 radical (unpaired) electrons. The molecule has 2 unspecified atom stereocenters. The number of carbonyl (C=O) groups is 1. The molecule has 1 heterocycles. The highest BCUT2D eigenvalue weighted by atomic mass is 16.2. The van der Waals surface area contributed by atoms with Crippen molar-refractivity contribution in [1.82, 2.24) is 10.2 Å². The van der Waals surface area contributed by atoms with E-state index in [1.165, 1.54) is 19.3 Å². The summed E-state index contributed by atoms with van der Waals surface area (Å²) in [5.74, 6) is 0.936. The molecule has 0 spiro atoms. The van der Waals surface area contributed by atoms with Gasteiger partial charge in [0.2, 0.25) is 5.91 Å². The number of nitrogens with zero attached hydrogens (tertiary/aromatic N) is 1. The molecule has 3 heteroatoms. The summed E-state index contributed by atoms with van der Waals surface area (Å²) in [5.41, 5.74) is 0. The molecule has 0 aromatic rings. The Morgan fingerprint density at radius 2 is 2.12 bits per heavy atom. The maximum Gasteiger partial charge on any atom is 0.241 e. The minimum Gasteiger partial charge on any atom is -0.323 e. The van der Waals surface area contributed by atoms with E-state index >= 15 is 0 Å². The zero-order chi connectivity index (χ0) is 11.7. The van der Waals surface area contributed by atoms with E-state index in [0.29, 0.717) is 24.0 Å². The van der Waals surface area contributed by atoms with E-state index in [1.54, 1.807) is 0 Å². The molecule has 16 heavy (non-hydrogen) atoms. The maximum absolute atomic E-state index is 12.3. The molecule has 1 saturated carbocycles. The van der Waals surface area contributed by atoms with E-state index in [9.17, 15) is 4.79 Å². The fraction of sp³-hybridized carbons (Fsp3) is 0.923. The first kappa shape index (κ1) is 11.9. The zero-order valence-corrected chi connectivity index (χ0v) is 10.7. The van der Waals surface area contributed by atoms with Gasteiger partial charge in [-0.3, -0.25) is 10.1 Å². The first-order chi connectivity index (χ1) is 7.63. The van der Waals surface area contributed by atoms with Crippen LogP contribution in [0.2, 0.25) is 0 Å². The van der Waals surface area contributed by atoms with Gasteiger partial charge in [0.1, 0.15) is 0 Å². The standard InChI is InChI=1S/C13H24N2O/c1-4-12-14-11(8-9(2)3)13(16)15(12)10-6-5-7-10/h9-12,14H,4-8H2,1-3H3. The molecule has 2 atom stereocenters. The Labute approximate surface area is 98.6 Å². The molecule has 2 rings (SSSR count). The smallest absolute Gasteiger partial charge is 0.241 e. The molecule has 1 aliphatic heterocycles. The first-order valence-electron chi connectivity index (χ1n) is 6.71. The zero-order valence-electron chi connectivity index (χ0n) is 10.7. The molecule has 3 nitrogen and oxygen atoms in total. The normalized spacial score (nSPS) is 31.2. The Morgan fingerprint density at radius 1 is 1.44 bits per heavy atom. The van der Waals surface area contributed by atoms with Crippen LogP contribution in [0.4, 0.5) is 0 Å². The maximum atomic E-state index is 12.3. The number of nitrogens with one attached hydrogen (secondary N) is 1. The quantitative estimate of drug-likeness (QED) is 0.793. The second-order valence-electron chi connectivity index (χ2n) is 5.60. The van der Waals surface area contributed by atoms with Gasteiger partial charge in [-0.1, -0.05) is 20.8 Å². The Hall–Kier alpha value is -0.570. The fourth-order valence-corrected chi connectivity index (χ4v) is 2.77. The van der Waals surface area contributed by atoms with Gasteiger partial charge >= 0.3 is 0 Å². The third-order valence-corrected chi connectivity index (χ3v) is 3.84. The van der Waals surface area contributed by atoms with Crippen LogP contribution < -0.4 is 5.32 Å². The van der Waals surface area contributed by atoms with E-state index in [1.807, 2.05) is 0 Å². The van der Waals surface area contributed by atoms with Crippen LogP contribution in [0.5, 0.6) is 0 Å². The minimum absolute atomic E-state index is 0.0746. The lowest BCUT2D eigenvalue weighted by atomic mass is 9.91. The highest BCUT2D eigenvalue weighted by Gasteiger charge is 2.43. The van der Waals surface area contributed by atoms with Gasteiger partial charge in [-0.2, -0.15) is 0 Å². The van der Waals surface area contributed by atoms with Crippen molar-refractivity contribution in [2.45, 2.75) is 71.1 Å². The lowest BCUT2D eigenvalue weighted by molar-refractivity contribution is -0.134. The minimum atomic E-state index is 0.0746. The molecule has 0 bridgehead atoms. The van der Waals surface area contributed by atoms with Crippen molar-refractivity contribution in [3.05, 3.63) is 0 Å². The molecule has 2 fully saturated rings. The van der Waals surface area contributed by atoms with Crippen LogP contribution in [0, 0.1) is 5.92 Å². The summed E-state index contributed by atoms with van der Waals surface area (Å²) in [6.07, 6.45) is 5.99. The average molecular weight is 224 g/mol. The summed E-state index contributed by atoms with van der Waals surface area (Å²) in [4.78, 5) is 14.4. The lowest BCUT2D eigenvalue weighted by Crippen LogP contribution is -2.47. The van der Waals surface area contributed by atoms with Crippen LogP contribution in [-0.4, -0.2) is 29.1 Å². The van der Waals surface area contributed by atoms with Gasteiger partial charge in [-0.15, -0.1) is 0 Å².